The molecule has 10 heteroatoms. The van der Waals surface area contributed by atoms with E-state index in [-0.39, 0.29) is 27.6 Å². The molecule has 7 nitrogen and oxygen atoms in total. The largest absolute Gasteiger partial charge is 0.375 e. The van der Waals surface area contributed by atoms with E-state index < -0.39 is 28.2 Å². The first kappa shape index (κ1) is 20.4. The van der Waals surface area contributed by atoms with Crippen LogP contribution in [0.25, 0.3) is 5.69 Å². The van der Waals surface area contributed by atoms with Gasteiger partial charge >= 0.3 is 0 Å². The number of non-ortho nitro benzene ring substituents is 1. The van der Waals surface area contributed by atoms with Gasteiger partial charge in [-0.15, -0.1) is 0 Å². The summed E-state index contributed by atoms with van der Waals surface area (Å²) in [5, 5.41) is 17.5. The number of hydrogen-bond acceptors (Lipinski definition) is 5. The Morgan fingerprint density at radius 1 is 1.24 bits per heavy atom. The molecule has 0 fully saturated rings. The average molecular weight is 421 g/mol. The lowest BCUT2D eigenvalue weighted by atomic mass is 10.0. The normalized spacial score (nSPS) is 11.9. The van der Waals surface area contributed by atoms with E-state index in [1.807, 2.05) is 0 Å². The molecule has 0 saturated carbocycles. The van der Waals surface area contributed by atoms with Crippen molar-refractivity contribution >= 4 is 23.0 Å². The van der Waals surface area contributed by atoms with E-state index in [0.29, 0.717) is 6.42 Å². The summed E-state index contributed by atoms with van der Waals surface area (Å²) in [7, 11) is 0. The molecule has 0 aliphatic carbocycles. The fourth-order valence-corrected chi connectivity index (χ4v) is 2.99. The first-order chi connectivity index (χ1) is 13.8. The summed E-state index contributed by atoms with van der Waals surface area (Å²) in [6.45, 7) is 1.77. The Morgan fingerprint density at radius 2 is 1.93 bits per heavy atom. The van der Waals surface area contributed by atoms with E-state index in [4.69, 9.17) is 11.6 Å². The number of nitro benzene ring substituents is 1. The van der Waals surface area contributed by atoms with E-state index in [2.05, 4.69) is 10.4 Å². The van der Waals surface area contributed by atoms with Crippen molar-refractivity contribution in [3.8, 4) is 5.69 Å². The topological polar surface area (TPSA) is 90.1 Å². The van der Waals surface area contributed by atoms with Crippen molar-refractivity contribution in [3.05, 3.63) is 91.4 Å². The molecule has 2 aromatic carbocycles. The summed E-state index contributed by atoms with van der Waals surface area (Å²) in [5.74, 6) is -1.17. The van der Waals surface area contributed by atoms with Crippen LogP contribution >= 0.6 is 11.6 Å². The zero-order valence-electron chi connectivity index (χ0n) is 15.1. The minimum absolute atomic E-state index is 0.100. The number of rotatable bonds is 6. The third-order valence-corrected chi connectivity index (χ3v) is 4.66. The van der Waals surface area contributed by atoms with Crippen LogP contribution in [0.1, 0.15) is 24.9 Å². The predicted octanol–water partition coefficient (Wildman–Crippen LogP) is 4.64. The molecule has 1 atom stereocenters. The Labute approximate surface area is 168 Å². The Morgan fingerprint density at radius 3 is 2.55 bits per heavy atom. The van der Waals surface area contributed by atoms with Crippen molar-refractivity contribution in [3.63, 3.8) is 0 Å². The Balaban J connectivity index is 1.93. The summed E-state index contributed by atoms with van der Waals surface area (Å²) in [6.07, 6.45) is 1.67. The van der Waals surface area contributed by atoms with Crippen LogP contribution in [0.4, 0.5) is 20.2 Å². The molecule has 0 radical (unpaired) electrons. The molecule has 0 spiro atoms. The van der Waals surface area contributed by atoms with Crippen molar-refractivity contribution in [2.75, 3.05) is 5.32 Å². The van der Waals surface area contributed by atoms with Gasteiger partial charge < -0.3 is 5.32 Å². The molecular formula is C19H15ClF2N4O3. The van der Waals surface area contributed by atoms with Crippen LogP contribution in [-0.2, 0) is 0 Å². The number of nitrogens with one attached hydrogen (secondary N) is 1. The van der Waals surface area contributed by atoms with Gasteiger partial charge in [0.25, 0.3) is 11.2 Å². The predicted molar refractivity (Wildman–Crippen MR) is 105 cm³/mol. The van der Waals surface area contributed by atoms with Crippen LogP contribution in [-0.4, -0.2) is 14.7 Å². The molecule has 1 aromatic heterocycles. The van der Waals surface area contributed by atoms with Gasteiger partial charge in [0, 0.05) is 17.7 Å². The van der Waals surface area contributed by atoms with E-state index >= 15 is 0 Å². The first-order valence-electron chi connectivity index (χ1n) is 8.56. The number of aromatic nitrogens is 2. The summed E-state index contributed by atoms with van der Waals surface area (Å²) < 4.78 is 28.6. The van der Waals surface area contributed by atoms with Crippen molar-refractivity contribution in [2.45, 2.75) is 19.4 Å². The quantitative estimate of drug-likeness (QED) is 0.463. The summed E-state index contributed by atoms with van der Waals surface area (Å²) >= 11 is 6.18. The SMILES string of the molecule is CCC(Nc1cnn(-c2ccc([N+](=O)[O-])cc2)c(=O)c1Cl)c1cc(F)ccc1F. The van der Waals surface area contributed by atoms with Gasteiger partial charge in [-0.3, -0.25) is 14.9 Å². The molecule has 29 heavy (non-hydrogen) atoms. The minimum atomic E-state index is -0.667. The lowest BCUT2D eigenvalue weighted by Gasteiger charge is -2.20. The molecule has 3 aromatic rings. The lowest BCUT2D eigenvalue weighted by molar-refractivity contribution is -0.384. The molecule has 1 N–H and O–H groups in total. The van der Waals surface area contributed by atoms with Crippen LogP contribution in [0.2, 0.25) is 5.02 Å². The van der Waals surface area contributed by atoms with Crippen molar-refractivity contribution in [2.24, 2.45) is 0 Å². The Bertz CT molecular complexity index is 1120. The molecule has 0 amide bonds. The number of nitrogens with zero attached hydrogens (tertiary/aromatic N) is 3. The Kier molecular flexibility index (Phi) is 5.88. The van der Waals surface area contributed by atoms with Crippen LogP contribution in [0.5, 0.6) is 0 Å². The number of benzene rings is 2. The van der Waals surface area contributed by atoms with Gasteiger partial charge in [0.1, 0.15) is 16.7 Å². The summed E-state index contributed by atoms with van der Waals surface area (Å²) in [5.41, 5.74) is -0.250. The van der Waals surface area contributed by atoms with Crippen molar-refractivity contribution < 1.29 is 13.7 Å². The highest BCUT2D eigenvalue weighted by molar-refractivity contribution is 6.33. The maximum Gasteiger partial charge on any atom is 0.292 e. The van der Waals surface area contributed by atoms with E-state index in [1.165, 1.54) is 30.5 Å². The molecule has 0 aliphatic rings. The maximum atomic E-state index is 14.1. The van der Waals surface area contributed by atoms with E-state index in [0.717, 1.165) is 22.9 Å². The van der Waals surface area contributed by atoms with E-state index in [1.54, 1.807) is 6.92 Å². The average Bonchev–Trinajstić information content (AvgIpc) is 2.71. The maximum absolute atomic E-state index is 14.1. The van der Waals surface area contributed by atoms with Gasteiger partial charge in [-0.2, -0.15) is 9.78 Å². The van der Waals surface area contributed by atoms with Gasteiger partial charge in [0.15, 0.2) is 0 Å². The highest BCUT2D eigenvalue weighted by Crippen LogP contribution is 2.28. The van der Waals surface area contributed by atoms with Crippen LogP contribution in [0.3, 0.4) is 0 Å². The summed E-state index contributed by atoms with van der Waals surface area (Å²) in [4.78, 5) is 22.8. The molecule has 1 unspecified atom stereocenters. The standard InChI is InChI=1S/C19H15ClF2N4O3/c1-2-16(14-9-11(21)3-8-15(14)22)24-17-10-23-25(19(27)18(17)20)12-4-6-13(7-5-12)26(28)29/h3-10,16,24H,2H2,1H3. The van der Waals surface area contributed by atoms with Crippen LogP contribution in [0.15, 0.2) is 53.5 Å². The highest BCUT2D eigenvalue weighted by Gasteiger charge is 2.18. The second kappa shape index (κ2) is 8.36. The zero-order chi connectivity index (χ0) is 21.1. The van der Waals surface area contributed by atoms with Gasteiger partial charge in [-0.1, -0.05) is 18.5 Å². The Hall–Kier alpha value is -3.33. The lowest BCUT2D eigenvalue weighted by Crippen LogP contribution is -2.23. The molecular weight excluding hydrogens is 406 g/mol. The van der Waals surface area contributed by atoms with Gasteiger partial charge in [0.2, 0.25) is 0 Å². The van der Waals surface area contributed by atoms with E-state index in [9.17, 15) is 23.7 Å². The second-order valence-corrected chi connectivity index (χ2v) is 6.51. The fraction of sp³-hybridized carbons (Fsp3) is 0.158. The first-order valence-corrected chi connectivity index (χ1v) is 8.93. The molecule has 1 heterocycles. The highest BCUT2D eigenvalue weighted by atomic mass is 35.5. The third kappa shape index (κ3) is 4.24. The minimum Gasteiger partial charge on any atom is -0.375 e. The number of halogens is 3. The van der Waals surface area contributed by atoms with Crippen LogP contribution in [0, 0.1) is 21.7 Å². The molecule has 0 aliphatic heterocycles. The monoisotopic (exact) mass is 420 g/mol. The molecule has 150 valence electrons. The third-order valence-electron chi connectivity index (χ3n) is 4.30. The van der Waals surface area contributed by atoms with Crippen molar-refractivity contribution in [1.82, 2.24) is 9.78 Å². The summed E-state index contributed by atoms with van der Waals surface area (Å²) in [6, 6.07) is 7.70. The molecule has 0 saturated heterocycles. The molecule has 0 bridgehead atoms. The number of hydrogen-bond donors (Lipinski definition) is 1. The number of anilines is 1. The van der Waals surface area contributed by atoms with Gasteiger partial charge in [-0.05, 0) is 36.8 Å². The molecule has 3 rings (SSSR count). The van der Waals surface area contributed by atoms with Gasteiger partial charge in [-0.25, -0.2) is 8.78 Å². The number of nitro groups is 1. The zero-order valence-corrected chi connectivity index (χ0v) is 15.9. The fourth-order valence-electron chi connectivity index (χ4n) is 2.80. The second-order valence-electron chi connectivity index (χ2n) is 6.13. The van der Waals surface area contributed by atoms with Crippen LogP contribution < -0.4 is 10.9 Å². The van der Waals surface area contributed by atoms with Crippen molar-refractivity contribution in [1.29, 1.82) is 0 Å². The smallest absolute Gasteiger partial charge is 0.292 e. The van der Waals surface area contributed by atoms with Gasteiger partial charge in [0.05, 0.1) is 28.5 Å².